The number of halogens is 1. The Hall–Kier alpha value is -1.23. The number of anilines is 2. The number of hydrogen-bond donors (Lipinski definition) is 2. The molecule has 76 valence electrons. The molecule has 1 aromatic carbocycles. The van der Waals surface area contributed by atoms with Gasteiger partial charge in [0.2, 0.25) is 0 Å². The van der Waals surface area contributed by atoms with Gasteiger partial charge >= 0.3 is 0 Å². The Morgan fingerprint density at radius 1 is 1.50 bits per heavy atom. The molecule has 0 amide bonds. The van der Waals surface area contributed by atoms with Crippen molar-refractivity contribution in [2.45, 2.75) is 0 Å². The van der Waals surface area contributed by atoms with Crippen molar-refractivity contribution in [3.8, 4) is 5.75 Å². The minimum absolute atomic E-state index is 0.0602. The number of nitrogen functional groups attached to an aromatic ring is 2. The number of alkyl halides is 1. The number of ether oxygens (including phenoxy) is 1. The van der Waals surface area contributed by atoms with Crippen molar-refractivity contribution in [2.24, 2.45) is 0 Å². The third-order valence-electron chi connectivity index (χ3n) is 1.84. The summed E-state index contributed by atoms with van der Waals surface area (Å²) in [6, 6.07) is 3.12. The molecule has 0 radical (unpaired) electrons. The van der Waals surface area contributed by atoms with Crippen LogP contribution in [0, 0.1) is 0 Å². The number of rotatable bonds is 3. The number of hydrogen-bond acceptors (Lipinski definition) is 4. The van der Waals surface area contributed by atoms with E-state index in [1.807, 2.05) is 0 Å². The number of Topliss-reactive ketones (excluding diaryl/α,β-unsaturated/α-hetero) is 1. The van der Waals surface area contributed by atoms with Crippen LogP contribution in [0.15, 0.2) is 12.1 Å². The fraction of sp³-hybridized carbons (Fsp3) is 0.222. The first-order chi connectivity index (χ1) is 6.60. The molecule has 0 aromatic heterocycles. The summed E-state index contributed by atoms with van der Waals surface area (Å²) in [6.45, 7) is 0. The van der Waals surface area contributed by atoms with E-state index in [4.69, 9.17) is 16.2 Å². The number of benzene rings is 1. The lowest BCUT2D eigenvalue weighted by Gasteiger charge is -2.08. The maximum absolute atomic E-state index is 11.3. The quantitative estimate of drug-likeness (QED) is 0.489. The summed E-state index contributed by atoms with van der Waals surface area (Å²) >= 11 is 3.08. The van der Waals surface area contributed by atoms with Gasteiger partial charge in [-0.2, -0.15) is 0 Å². The molecule has 0 saturated heterocycles. The molecule has 1 rings (SSSR count). The van der Waals surface area contributed by atoms with Gasteiger partial charge in [0.25, 0.3) is 0 Å². The van der Waals surface area contributed by atoms with Gasteiger partial charge in [-0.05, 0) is 12.1 Å². The molecule has 0 bridgehead atoms. The van der Waals surface area contributed by atoms with Crippen LogP contribution < -0.4 is 16.2 Å². The van der Waals surface area contributed by atoms with Gasteiger partial charge in [-0.1, -0.05) is 15.9 Å². The standard InChI is InChI=1S/C9H11BrN2O2/c1-14-8-3-5(7(13)4-10)2-6(11)9(8)12/h2-3H,4,11-12H2,1H3. The topological polar surface area (TPSA) is 78.3 Å². The smallest absolute Gasteiger partial charge is 0.173 e. The number of carbonyl (C=O) groups excluding carboxylic acids is 1. The highest BCUT2D eigenvalue weighted by Crippen LogP contribution is 2.29. The summed E-state index contributed by atoms with van der Waals surface area (Å²) in [4.78, 5) is 11.3. The van der Waals surface area contributed by atoms with Crippen molar-refractivity contribution in [3.63, 3.8) is 0 Å². The summed E-state index contributed by atoms with van der Waals surface area (Å²) in [5.74, 6) is 0.365. The van der Waals surface area contributed by atoms with Crippen LogP contribution in [-0.2, 0) is 0 Å². The lowest BCUT2D eigenvalue weighted by Crippen LogP contribution is -2.05. The highest BCUT2D eigenvalue weighted by atomic mass is 79.9. The predicted octanol–water partition coefficient (Wildman–Crippen LogP) is 1.44. The minimum Gasteiger partial charge on any atom is -0.494 e. The third kappa shape index (κ3) is 1.98. The fourth-order valence-electron chi connectivity index (χ4n) is 1.06. The van der Waals surface area contributed by atoms with Crippen molar-refractivity contribution < 1.29 is 9.53 Å². The number of carbonyl (C=O) groups is 1. The molecule has 14 heavy (non-hydrogen) atoms. The van der Waals surface area contributed by atoms with E-state index in [1.54, 1.807) is 12.1 Å². The second-order valence-electron chi connectivity index (χ2n) is 2.74. The van der Waals surface area contributed by atoms with E-state index in [0.29, 0.717) is 22.7 Å². The van der Waals surface area contributed by atoms with Crippen LogP contribution in [0.4, 0.5) is 11.4 Å². The molecule has 0 atom stereocenters. The third-order valence-corrected chi connectivity index (χ3v) is 2.35. The molecule has 4 N–H and O–H groups in total. The van der Waals surface area contributed by atoms with Crippen LogP contribution >= 0.6 is 15.9 Å². The zero-order chi connectivity index (χ0) is 10.7. The lowest BCUT2D eigenvalue weighted by atomic mass is 10.1. The Bertz CT molecular complexity index is 366. The second-order valence-corrected chi connectivity index (χ2v) is 3.30. The monoisotopic (exact) mass is 258 g/mol. The SMILES string of the molecule is COc1cc(C(=O)CBr)cc(N)c1N. The zero-order valence-corrected chi connectivity index (χ0v) is 9.30. The zero-order valence-electron chi connectivity index (χ0n) is 7.71. The molecule has 0 unspecified atom stereocenters. The molecule has 1 aromatic rings. The molecule has 0 heterocycles. The molecule has 0 aliphatic rings. The van der Waals surface area contributed by atoms with Crippen LogP contribution in [-0.4, -0.2) is 18.2 Å². The number of nitrogens with two attached hydrogens (primary N) is 2. The average molecular weight is 259 g/mol. The van der Waals surface area contributed by atoms with Gasteiger partial charge in [-0.25, -0.2) is 0 Å². The van der Waals surface area contributed by atoms with Gasteiger partial charge in [0.15, 0.2) is 5.78 Å². The van der Waals surface area contributed by atoms with E-state index in [1.165, 1.54) is 7.11 Å². The Morgan fingerprint density at radius 2 is 2.14 bits per heavy atom. The number of ketones is 1. The van der Waals surface area contributed by atoms with Crippen molar-refractivity contribution in [1.82, 2.24) is 0 Å². The van der Waals surface area contributed by atoms with E-state index >= 15 is 0 Å². The highest BCUT2D eigenvalue weighted by Gasteiger charge is 2.10. The molecule has 0 aliphatic carbocycles. The maximum Gasteiger partial charge on any atom is 0.173 e. The van der Waals surface area contributed by atoms with Crippen LogP contribution in [0.1, 0.15) is 10.4 Å². The number of methoxy groups -OCH3 is 1. The van der Waals surface area contributed by atoms with Crippen molar-refractivity contribution >= 4 is 33.1 Å². The summed E-state index contributed by atoms with van der Waals surface area (Å²) in [5.41, 5.74) is 12.5. The van der Waals surface area contributed by atoms with Crippen molar-refractivity contribution in [3.05, 3.63) is 17.7 Å². The second kappa shape index (κ2) is 4.32. The molecule has 0 saturated carbocycles. The van der Waals surface area contributed by atoms with E-state index in [2.05, 4.69) is 15.9 Å². The predicted molar refractivity (Wildman–Crippen MR) is 59.9 cm³/mol. The van der Waals surface area contributed by atoms with Gasteiger partial charge in [-0.15, -0.1) is 0 Å². The molecule has 5 heteroatoms. The maximum atomic E-state index is 11.3. The Kier molecular flexibility index (Phi) is 3.35. The molecule has 4 nitrogen and oxygen atoms in total. The Labute approximate surface area is 90.3 Å². The first kappa shape index (κ1) is 10.8. The Balaban J connectivity index is 3.22. The molecular weight excluding hydrogens is 248 g/mol. The van der Waals surface area contributed by atoms with Crippen LogP contribution in [0.3, 0.4) is 0 Å². The molecule has 0 aliphatic heterocycles. The van der Waals surface area contributed by atoms with Gasteiger partial charge in [0.1, 0.15) is 5.75 Å². The first-order valence-corrected chi connectivity index (χ1v) is 5.04. The lowest BCUT2D eigenvalue weighted by molar-refractivity contribution is 0.102. The van der Waals surface area contributed by atoms with E-state index in [-0.39, 0.29) is 11.1 Å². The summed E-state index contributed by atoms with van der Waals surface area (Å²) in [5, 5.41) is 0.250. The molecular formula is C9H11BrN2O2. The van der Waals surface area contributed by atoms with E-state index in [0.717, 1.165) is 0 Å². The van der Waals surface area contributed by atoms with Gasteiger partial charge in [-0.3, -0.25) is 4.79 Å². The van der Waals surface area contributed by atoms with Gasteiger partial charge < -0.3 is 16.2 Å². The summed E-state index contributed by atoms with van der Waals surface area (Å²) in [6.07, 6.45) is 0. The van der Waals surface area contributed by atoms with Crippen molar-refractivity contribution in [2.75, 3.05) is 23.9 Å². The Morgan fingerprint density at radius 3 is 2.64 bits per heavy atom. The normalized spacial score (nSPS) is 9.86. The minimum atomic E-state index is -0.0602. The van der Waals surface area contributed by atoms with Crippen LogP contribution in [0.2, 0.25) is 0 Å². The fourth-order valence-corrected chi connectivity index (χ4v) is 1.38. The largest absolute Gasteiger partial charge is 0.494 e. The average Bonchev–Trinajstić information content (AvgIpc) is 2.20. The van der Waals surface area contributed by atoms with Crippen LogP contribution in [0.5, 0.6) is 5.75 Å². The summed E-state index contributed by atoms with van der Waals surface area (Å²) < 4.78 is 4.99. The highest BCUT2D eigenvalue weighted by molar-refractivity contribution is 9.09. The van der Waals surface area contributed by atoms with Crippen LogP contribution in [0.25, 0.3) is 0 Å². The summed E-state index contributed by atoms with van der Waals surface area (Å²) in [7, 11) is 1.48. The molecule has 0 spiro atoms. The van der Waals surface area contributed by atoms with E-state index < -0.39 is 0 Å². The van der Waals surface area contributed by atoms with Gasteiger partial charge in [0, 0.05) is 5.56 Å². The van der Waals surface area contributed by atoms with E-state index in [9.17, 15) is 4.79 Å². The molecule has 0 fully saturated rings. The van der Waals surface area contributed by atoms with Gasteiger partial charge in [0.05, 0.1) is 23.8 Å². The first-order valence-electron chi connectivity index (χ1n) is 3.92. The van der Waals surface area contributed by atoms with Crippen molar-refractivity contribution in [1.29, 1.82) is 0 Å².